The second-order valence-corrected chi connectivity index (χ2v) is 3.22. The van der Waals surface area contributed by atoms with E-state index in [9.17, 15) is 8.78 Å². The van der Waals surface area contributed by atoms with E-state index in [1.54, 1.807) is 0 Å². The predicted octanol–water partition coefficient (Wildman–Crippen LogP) is 1.08. The van der Waals surface area contributed by atoms with Crippen LogP contribution >= 0.6 is 0 Å². The number of rotatable bonds is 2. The van der Waals surface area contributed by atoms with Crippen molar-refractivity contribution in [3.63, 3.8) is 0 Å². The van der Waals surface area contributed by atoms with Crippen LogP contribution in [0, 0.1) is 5.92 Å². The molecule has 70 valence electrons. The van der Waals surface area contributed by atoms with Crippen molar-refractivity contribution in [2.24, 2.45) is 5.92 Å². The van der Waals surface area contributed by atoms with Crippen molar-refractivity contribution in [1.82, 2.24) is 4.90 Å². The van der Waals surface area contributed by atoms with Gasteiger partial charge >= 0.3 is 0 Å². The highest BCUT2D eigenvalue weighted by Crippen LogP contribution is 2.29. The highest BCUT2D eigenvalue weighted by Gasteiger charge is 2.38. The van der Waals surface area contributed by atoms with E-state index >= 15 is 0 Å². The molecule has 0 aliphatic carbocycles. The fraction of sp³-hybridized carbons (Fsp3) is 0.750. The highest BCUT2D eigenvalue weighted by atomic mass is 19.3. The lowest BCUT2D eigenvalue weighted by Gasteiger charge is -2.36. The smallest absolute Gasteiger partial charge is 0.265 e. The van der Waals surface area contributed by atoms with Gasteiger partial charge in [0.25, 0.3) is 5.92 Å². The maximum Gasteiger partial charge on any atom is 0.265 e. The quantitative estimate of drug-likeness (QED) is 0.682. The summed E-state index contributed by atoms with van der Waals surface area (Å²) < 4.78 is 25.8. The third-order valence-electron chi connectivity index (χ3n) is 2.03. The van der Waals surface area contributed by atoms with Gasteiger partial charge in [0.05, 0.1) is 6.54 Å². The summed E-state index contributed by atoms with van der Waals surface area (Å²) in [7, 11) is 0. The van der Waals surface area contributed by atoms with E-state index in [2.05, 4.69) is 6.58 Å². The first kappa shape index (κ1) is 9.45. The van der Waals surface area contributed by atoms with Gasteiger partial charge in [-0.2, -0.15) is 0 Å². The fourth-order valence-corrected chi connectivity index (χ4v) is 1.51. The van der Waals surface area contributed by atoms with Gasteiger partial charge in [-0.15, -0.1) is 0 Å². The van der Waals surface area contributed by atoms with E-state index in [-0.39, 0.29) is 25.5 Å². The monoisotopic (exact) mass is 177 g/mol. The molecule has 1 heterocycles. The molecule has 1 saturated heterocycles. The first-order chi connectivity index (χ1) is 5.57. The topological polar surface area (TPSA) is 23.5 Å². The number of aliphatic hydroxyl groups excluding tert-OH is 1. The second-order valence-electron chi connectivity index (χ2n) is 3.22. The van der Waals surface area contributed by atoms with Gasteiger partial charge in [0.2, 0.25) is 0 Å². The van der Waals surface area contributed by atoms with Crippen molar-refractivity contribution >= 4 is 0 Å². The van der Waals surface area contributed by atoms with E-state index in [1.807, 2.05) is 0 Å². The van der Waals surface area contributed by atoms with Crippen LogP contribution in [0.15, 0.2) is 12.8 Å². The van der Waals surface area contributed by atoms with E-state index in [0.29, 0.717) is 6.54 Å². The van der Waals surface area contributed by atoms with E-state index < -0.39 is 5.92 Å². The number of alkyl halides is 2. The van der Waals surface area contributed by atoms with Crippen LogP contribution in [0.4, 0.5) is 8.78 Å². The zero-order chi connectivity index (χ0) is 9.19. The van der Waals surface area contributed by atoms with Gasteiger partial charge in [0, 0.05) is 25.5 Å². The average molecular weight is 177 g/mol. The van der Waals surface area contributed by atoms with Crippen molar-refractivity contribution in [1.29, 1.82) is 0 Å². The molecule has 2 nitrogen and oxygen atoms in total. The molecule has 1 rings (SSSR count). The maximum atomic E-state index is 12.9. The van der Waals surface area contributed by atoms with Crippen LogP contribution in [-0.2, 0) is 0 Å². The molecule has 1 unspecified atom stereocenters. The number of nitrogens with zero attached hydrogens (tertiary/aromatic N) is 1. The van der Waals surface area contributed by atoms with Crippen LogP contribution in [-0.4, -0.2) is 35.6 Å². The van der Waals surface area contributed by atoms with Crippen molar-refractivity contribution in [2.45, 2.75) is 12.3 Å². The number of likely N-dealkylation sites (tertiary alicyclic amines) is 1. The van der Waals surface area contributed by atoms with Crippen molar-refractivity contribution in [3.8, 4) is 0 Å². The molecular formula is C8H13F2NO. The third-order valence-corrected chi connectivity index (χ3v) is 2.03. The lowest BCUT2D eigenvalue weighted by Crippen LogP contribution is -2.45. The zero-order valence-corrected chi connectivity index (χ0v) is 6.84. The van der Waals surface area contributed by atoms with Gasteiger partial charge in [-0.25, -0.2) is 8.78 Å². The Labute approximate surface area is 70.5 Å². The number of hydrogen-bond acceptors (Lipinski definition) is 2. The number of aliphatic hydroxyl groups is 1. The molecule has 0 aromatic heterocycles. The van der Waals surface area contributed by atoms with E-state index in [0.717, 1.165) is 0 Å². The molecular weight excluding hydrogens is 164 g/mol. The normalized spacial score (nSPS) is 28.6. The van der Waals surface area contributed by atoms with Gasteiger partial charge in [0.15, 0.2) is 0 Å². The number of hydrogen-bond donors (Lipinski definition) is 1. The molecule has 4 heteroatoms. The lowest BCUT2D eigenvalue weighted by molar-refractivity contribution is -0.0798. The Kier molecular flexibility index (Phi) is 2.67. The second kappa shape index (κ2) is 3.39. The fourth-order valence-electron chi connectivity index (χ4n) is 1.51. The molecule has 0 spiro atoms. The van der Waals surface area contributed by atoms with Gasteiger partial charge in [0.1, 0.15) is 0 Å². The summed E-state index contributed by atoms with van der Waals surface area (Å²) in [5.41, 5.74) is 0. The van der Waals surface area contributed by atoms with E-state index in [4.69, 9.17) is 5.11 Å². The van der Waals surface area contributed by atoms with Gasteiger partial charge in [-0.05, 0) is 6.20 Å². The van der Waals surface area contributed by atoms with Crippen LogP contribution < -0.4 is 0 Å². The van der Waals surface area contributed by atoms with Crippen LogP contribution in [0.3, 0.4) is 0 Å². The molecule has 1 fully saturated rings. The third kappa shape index (κ3) is 2.17. The van der Waals surface area contributed by atoms with Gasteiger partial charge in [-0.3, -0.25) is 0 Å². The summed E-state index contributed by atoms with van der Waals surface area (Å²) in [4.78, 5) is 1.45. The molecule has 0 bridgehead atoms. The zero-order valence-electron chi connectivity index (χ0n) is 6.84. The maximum absolute atomic E-state index is 12.9. The van der Waals surface area contributed by atoms with Crippen molar-refractivity contribution in [3.05, 3.63) is 12.8 Å². The Balaban J connectivity index is 2.58. The Hall–Kier alpha value is -0.640. The first-order valence-electron chi connectivity index (χ1n) is 3.92. The van der Waals surface area contributed by atoms with Crippen LogP contribution in [0.5, 0.6) is 0 Å². The predicted molar refractivity (Wildman–Crippen MR) is 41.9 cm³/mol. The number of piperidine rings is 1. The summed E-state index contributed by atoms with van der Waals surface area (Å²) in [6.45, 7) is 3.46. The molecule has 0 aromatic carbocycles. The molecule has 12 heavy (non-hydrogen) atoms. The Morgan fingerprint density at radius 2 is 2.33 bits per heavy atom. The Morgan fingerprint density at radius 1 is 1.67 bits per heavy atom. The molecule has 0 amide bonds. The molecule has 0 aromatic rings. The minimum absolute atomic E-state index is 0.181. The van der Waals surface area contributed by atoms with Gasteiger partial charge < -0.3 is 10.0 Å². The lowest BCUT2D eigenvalue weighted by atomic mass is 9.96. The number of halogens is 2. The highest BCUT2D eigenvalue weighted by molar-refractivity contribution is 4.88. The minimum atomic E-state index is -2.68. The molecule has 0 saturated carbocycles. The molecule has 1 aliphatic heterocycles. The largest absolute Gasteiger partial charge is 0.396 e. The van der Waals surface area contributed by atoms with Crippen molar-refractivity contribution in [2.75, 3.05) is 19.7 Å². The summed E-state index contributed by atoms with van der Waals surface area (Å²) in [6, 6.07) is 0. The summed E-state index contributed by atoms with van der Waals surface area (Å²) in [6.07, 6.45) is 1.18. The SMILES string of the molecule is C=CN1CC(CO)CC(F)(F)C1. The summed E-state index contributed by atoms with van der Waals surface area (Å²) in [5, 5.41) is 8.74. The molecule has 1 aliphatic rings. The Morgan fingerprint density at radius 3 is 2.83 bits per heavy atom. The Bertz CT molecular complexity index is 172. The summed E-state index contributed by atoms with van der Waals surface area (Å²) >= 11 is 0. The first-order valence-corrected chi connectivity index (χ1v) is 3.92. The average Bonchev–Trinajstić information content (AvgIpc) is 2.01. The molecule has 0 radical (unpaired) electrons. The minimum Gasteiger partial charge on any atom is -0.396 e. The van der Waals surface area contributed by atoms with Crippen LogP contribution in [0.25, 0.3) is 0 Å². The standard InChI is InChI=1S/C8H13F2NO/c1-2-11-4-7(5-12)3-8(9,10)6-11/h2,7,12H,1,3-6H2. The summed E-state index contributed by atoms with van der Waals surface area (Å²) in [5.74, 6) is -3.01. The molecule has 1 N–H and O–H groups in total. The van der Waals surface area contributed by atoms with Crippen LogP contribution in [0.2, 0.25) is 0 Å². The molecule has 1 atom stereocenters. The van der Waals surface area contributed by atoms with Gasteiger partial charge in [-0.1, -0.05) is 6.58 Å². The van der Waals surface area contributed by atoms with Crippen molar-refractivity contribution < 1.29 is 13.9 Å². The van der Waals surface area contributed by atoms with E-state index in [1.165, 1.54) is 11.1 Å². The van der Waals surface area contributed by atoms with Crippen LogP contribution in [0.1, 0.15) is 6.42 Å².